The predicted octanol–water partition coefficient (Wildman–Crippen LogP) is 2.40. The first kappa shape index (κ1) is 13.4. The van der Waals surface area contributed by atoms with Gasteiger partial charge in [-0.15, -0.1) is 0 Å². The van der Waals surface area contributed by atoms with Crippen LogP contribution in [-0.4, -0.2) is 30.1 Å². The minimum atomic E-state index is 0.336. The van der Waals surface area contributed by atoms with Crippen LogP contribution in [0.4, 0.5) is 0 Å². The molecule has 3 nitrogen and oxygen atoms in total. The lowest BCUT2D eigenvalue weighted by Gasteiger charge is -2.31. The van der Waals surface area contributed by atoms with Crippen molar-refractivity contribution in [1.29, 1.82) is 0 Å². The van der Waals surface area contributed by atoms with E-state index in [1.54, 1.807) is 0 Å². The molecular weight excluding hydrogens is 224 g/mol. The van der Waals surface area contributed by atoms with E-state index in [-0.39, 0.29) is 0 Å². The number of likely N-dealkylation sites (tertiary alicyclic amines) is 1. The Morgan fingerprint density at radius 3 is 2.89 bits per heavy atom. The number of rotatable bonds is 5. The molecule has 1 fully saturated rings. The highest BCUT2D eigenvalue weighted by Gasteiger charge is 2.31. The highest BCUT2D eigenvalue weighted by atomic mass is 16.5. The number of nitrogens with two attached hydrogens (primary N) is 1. The van der Waals surface area contributed by atoms with Crippen LogP contribution in [0.1, 0.15) is 32.3 Å². The van der Waals surface area contributed by atoms with Crippen molar-refractivity contribution in [2.75, 3.05) is 19.7 Å². The Labute approximate surface area is 110 Å². The molecule has 1 aliphatic rings. The molecule has 1 aromatic carbocycles. The van der Waals surface area contributed by atoms with Gasteiger partial charge < -0.3 is 10.5 Å². The lowest BCUT2D eigenvalue weighted by Crippen LogP contribution is -2.40. The molecule has 1 saturated heterocycles. The van der Waals surface area contributed by atoms with Crippen molar-refractivity contribution < 1.29 is 4.74 Å². The zero-order valence-corrected chi connectivity index (χ0v) is 11.5. The van der Waals surface area contributed by atoms with E-state index in [0.717, 1.165) is 24.5 Å². The van der Waals surface area contributed by atoms with E-state index in [4.69, 9.17) is 10.5 Å². The van der Waals surface area contributed by atoms with Crippen molar-refractivity contribution in [2.45, 2.75) is 38.8 Å². The molecule has 0 amide bonds. The van der Waals surface area contributed by atoms with Gasteiger partial charge in [0.05, 0.1) is 0 Å². The van der Waals surface area contributed by atoms with Crippen LogP contribution in [0.15, 0.2) is 24.3 Å². The molecule has 0 aromatic heterocycles. The second kappa shape index (κ2) is 5.72. The van der Waals surface area contributed by atoms with Crippen LogP contribution in [0.25, 0.3) is 0 Å². The first-order valence-corrected chi connectivity index (χ1v) is 6.79. The Hall–Kier alpha value is -1.06. The van der Waals surface area contributed by atoms with Gasteiger partial charge in [0.1, 0.15) is 12.4 Å². The molecule has 2 N–H and O–H groups in total. The fraction of sp³-hybridized carbons (Fsp3) is 0.600. The Kier molecular flexibility index (Phi) is 4.25. The third-order valence-corrected chi connectivity index (χ3v) is 3.84. The molecular formula is C15H24N2O. The van der Waals surface area contributed by atoms with Crippen molar-refractivity contribution in [3.05, 3.63) is 29.8 Å². The molecule has 100 valence electrons. The van der Waals surface area contributed by atoms with E-state index < -0.39 is 0 Å². The summed E-state index contributed by atoms with van der Waals surface area (Å²) >= 11 is 0. The summed E-state index contributed by atoms with van der Waals surface area (Å²) in [5, 5.41) is 0. The van der Waals surface area contributed by atoms with Gasteiger partial charge in [0.2, 0.25) is 0 Å². The monoisotopic (exact) mass is 248 g/mol. The second-order valence-electron chi connectivity index (χ2n) is 5.60. The van der Waals surface area contributed by atoms with E-state index in [1.807, 2.05) is 24.3 Å². The lowest BCUT2D eigenvalue weighted by molar-refractivity contribution is 0.143. The topological polar surface area (TPSA) is 38.5 Å². The van der Waals surface area contributed by atoms with E-state index in [1.165, 1.54) is 19.4 Å². The fourth-order valence-electron chi connectivity index (χ4n) is 2.61. The summed E-state index contributed by atoms with van der Waals surface area (Å²) in [6.45, 7) is 8.14. The minimum Gasteiger partial charge on any atom is -0.492 e. The van der Waals surface area contributed by atoms with Gasteiger partial charge in [0.25, 0.3) is 0 Å². The number of ether oxygens (including phenoxy) is 1. The van der Waals surface area contributed by atoms with E-state index >= 15 is 0 Å². The van der Waals surface area contributed by atoms with Crippen LogP contribution in [-0.2, 0) is 6.54 Å². The van der Waals surface area contributed by atoms with Gasteiger partial charge in [-0.1, -0.05) is 12.1 Å². The Bertz CT molecular complexity index is 390. The second-order valence-corrected chi connectivity index (χ2v) is 5.60. The van der Waals surface area contributed by atoms with Crippen molar-refractivity contribution in [1.82, 2.24) is 4.90 Å². The molecule has 1 heterocycles. The standard InChI is InChI=1S/C15H24N2O/c1-15(2)7-4-8-17(15)9-10-18-14-6-3-5-13(11-14)12-16/h3,5-6,11H,4,7-10,12,16H2,1-2H3. The third-order valence-electron chi connectivity index (χ3n) is 3.84. The number of nitrogens with zero attached hydrogens (tertiary/aromatic N) is 1. The van der Waals surface area contributed by atoms with Crippen LogP contribution in [0.5, 0.6) is 5.75 Å². The maximum atomic E-state index is 5.81. The summed E-state index contributed by atoms with van der Waals surface area (Å²) in [5.41, 5.74) is 7.07. The zero-order valence-electron chi connectivity index (χ0n) is 11.5. The molecule has 18 heavy (non-hydrogen) atoms. The molecule has 0 radical (unpaired) electrons. The molecule has 0 atom stereocenters. The van der Waals surface area contributed by atoms with Crippen molar-refractivity contribution in [2.24, 2.45) is 5.73 Å². The number of hydrogen-bond donors (Lipinski definition) is 1. The largest absolute Gasteiger partial charge is 0.492 e. The highest BCUT2D eigenvalue weighted by molar-refractivity contribution is 5.28. The van der Waals surface area contributed by atoms with Crippen LogP contribution in [0, 0.1) is 0 Å². The van der Waals surface area contributed by atoms with Gasteiger partial charge in [-0.05, 0) is 50.9 Å². The van der Waals surface area contributed by atoms with Crippen LogP contribution in [0.3, 0.4) is 0 Å². The van der Waals surface area contributed by atoms with Gasteiger partial charge in [-0.3, -0.25) is 4.90 Å². The van der Waals surface area contributed by atoms with Crippen molar-refractivity contribution in [3.8, 4) is 5.75 Å². The van der Waals surface area contributed by atoms with E-state index in [2.05, 4.69) is 18.7 Å². The lowest BCUT2D eigenvalue weighted by atomic mass is 10.0. The van der Waals surface area contributed by atoms with Gasteiger partial charge in [-0.2, -0.15) is 0 Å². The van der Waals surface area contributed by atoms with Crippen molar-refractivity contribution >= 4 is 0 Å². The van der Waals surface area contributed by atoms with Gasteiger partial charge in [-0.25, -0.2) is 0 Å². The molecule has 3 heteroatoms. The maximum absolute atomic E-state index is 5.81. The number of benzene rings is 1. The molecule has 0 unspecified atom stereocenters. The van der Waals surface area contributed by atoms with Crippen LogP contribution < -0.4 is 10.5 Å². The predicted molar refractivity (Wildman–Crippen MR) is 74.7 cm³/mol. The van der Waals surface area contributed by atoms with E-state index in [0.29, 0.717) is 12.1 Å². The summed E-state index contributed by atoms with van der Waals surface area (Å²) in [4.78, 5) is 2.51. The minimum absolute atomic E-state index is 0.336. The first-order valence-electron chi connectivity index (χ1n) is 6.79. The smallest absolute Gasteiger partial charge is 0.119 e. The van der Waals surface area contributed by atoms with Crippen LogP contribution >= 0.6 is 0 Å². The summed E-state index contributed by atoms with van der Waals surface area (Å²) in [6.07, 6.45) is 2.59. The van der Waals surface area contributed by atoms with E-state index in [9.17, 15) is 0 Å². The Morgan fingerprint density at radius 2 is 2.22 bits per heavy atom. The molecule has 0 spiro atoms. The van der Waals surface area contributed by atoms with Crippen LogP contribution in [0.2, 0.25) is 0 Å². The zero-order chi connectivity index (χ0) is 13.0. The molecule has 1 aromatic rings. The van der Waals surface area contributed by atoms with Gasteiger partial charge >= 0.3 is 0 Å². The molecule has 1 aliphatic heterocycles. The SMILES string of the molecule is CC1(C)CCCN1CCOc1cccc(CN)c1. The number of hydrogen-bond acceptors (Lipinski definition) is 3. The molecule has 0 bridgehead atoms. The summed E-state index contributed by atoms with van der Waals surface area (Å²) in [6, 6.07) is 8.04. The summed E-state index contributed by atoms with van der Waals surface area (Å²) in [5.74, 6) is 0.926. The highest BCUT2D eigenvalue weighted by Crippen LogP contribution is 2.27. The van der Waals surface area contributed by atoms with Crippen molar-refractivity contribution in [3.63, 3.8) is 0 Å². The molecule has 0 aliphatic carbocycles. The van der Waals surface area contributed by atoms with Gasteiger partial charge in [0, 0.05) is 18.6 Å². The maximum Gasteiger partial charge on any atom is 0.119 e. The average Bonchev–Trinajstić information content (AvgIpc) is 2.69. The normalized spacial score (nSPS) is 19.1. The summed E-state index contributed by atoms with van der Waals surface area (Å²) in [7, 11) is 0. The van der Waals surface area contributed by atoms with Gasteiger partial charge in [0.15, 0.2) is 0 Å². The Balaban J connectivity index is 1.81. The first-order chi connectivity index (χ1) is 8.62. The Morgan fingerprint density at radius 1 is 1.39 bits per heavy atom. The fourth-order valence-corrected chi connectivity index (χ4v) is 2.61. The molecule has 0 saturated carbocycles. The summed E-state index contributed by atoms with van der Waals surface area (Å²) < 4.78 is 5.81. The molecule has 2 rings (SSSR count). The average molecular weight is 248 g/mol. The quantitative estimate of drug-likeness (QED) is 0.869. The third kappa shape index (κ3) is 3.24.